The van der Waals surface area contributed by atoms with Gasteiger partial charge in [-0.05, 0) is 34.9 Å². The van der Waals surface area contributed by atoms with E-state index in [1.165, 1.54) is 6.20 Å². The maximum absolute atomic E-state index is 10.7. The molecule has 0 aromatic carbocycles. The predicted octanol–water partition coefficient (Wildman–Crippen LogP) is 1.84. The standard InChI is InChI=1S/C9H10N2O3/c12-11(13)9-7(3-1-5-10-9)8-4-2-6-14-8/h1,3,5,8H,2,4,6H2. The van der Waals surface area contributed by atoms with E-state index < -0.39 is 4.92 Å². The highest BCUT2D eigenvalue weighted by atomic mass is 16.6. The Morgan fingerprint density at radius 2 is 2.50 bits per heavy atom. The van der Waals surface area contributed by atoms with Crippen LogP contribution in [0.1, 0.15) is 24.5 Å². The average molecular weight is 194 g/mol. The molecule has 0 amide bonds. The molecule has 1 unspecified atom stereocenters. The van der Waals surface area contributed by atoms with Crippen molar-refractivity contribution in [2.24, 2.45) is 0 Å². The van der Waals surface area contributed by atoms with Gasteiger partial charge in [0.05, 0.1) is 11.7 Å². The van der Waals surface area contributed by atoms with Crippen molar-refractivity contribution in [3.63, 3.8) is 0 Å². The van der Waals surface area contributed by atoms with E-state index in [2.05, 4.69) is 4.98 Å². The predicted molar refractivity (Wildman–Crippen MR) is 48.8 cm³/mol. The van der Waals surface area contributed by atoms with Crippen molar-refractivity contribution in [1.82, 2.24) is 4.98 Å². The van der Waals surface area contributed by atoms with Crippen LogP contribution in [0.5, 0.6) is 0 Å². The molecule has 0 radical (unpaired) electrons. The Balaban J connectivity index is 2.35. The SMILES string of the molecule is O=[N+]([O-])c1ncccc1C1CCCO1. The van der Waals surface area contributed by atoms with Gasteiger partial charge < -0.3 is 14.9 Å². The van der Waals surface area contributed by atoms with Gasteiger partial charge in [0.2, 0.25) is 0 Å². The first-order valence-corrected chi connectivity index (χ1v) is 4.50. The first-order valence-electron chi connectivity index (χ1n) is 4.50. The second-order valence-electron chi connectivity index (χ2n) is 3.18. The first-order chi connectivity index (χ1) is 6.79. The molecular weight excluding hydrogens is 184 g/mol. The number of hydrogen-bond acceptors (Lipinski definition) is 4. The minimum atomic E-state index is -0.461. The summed E-state index contributed by atoms with van der Waals surface area (Å²) in [7, 11) is 0. The number of rotatable bonds is 2. The van der Waals surface area contributed by atoms with Crippen molar-refractivity contribution >= 4 is 5.82 Å². The molecule has 14 heavy (non-hydrogen) atoms. The van der Waals surface area contributed by atoms with Gasteiger partial charge in [-0.15, -0.1) is 0 Å². The fourth-order valence-electron chi connectivity index (χ4n) is 1.64. The molecule has 5 heteroatoms. The Kier molecular flexibility index (Phi) is 2.41. The Labute approximate surface area is 80.9 Å². The fraction of sp³-hybridized carbons (Fsp3) is 0.444. The Morgan fingerprint density at radius 1 is 1.64 bits per heavy atom. The summed E-state index contributed by atoms with van der Waals surface area (Å²) in [5.41, 5.74) is 0.593. The van der Waals surface area contributed by atoms with E-state index >= 15 is 0 Å². The maximum Gasteiger partial charge on any atom is 0.369 e. The van der Waals surface area contributed by atoms with Crippen LogP contribution in [0.25, 0.3) is 0 Å². The molecule has 0 saturated carbocycles. The molecule has 1 aromatic heterocycles. The highest BCUT2D eigenvalue weighted by molar-refractivity contribution is 5.34. The zero-order chi connectivity index (χ0) is 9.97. The fourth-order valence-corrected chi connectivity index (χ4v) is 1.64. The molecule has 1 aliphatic heterocycles. The van der Waals surface area contributed by atoms with E-state index in [4.69, 9.17) is 4.74 Å². The molecule has 1 fully saturated rings. The molecule has 0 spiro atoms. The lowest BCUT2D eigenvalue weighted by molar-refractivity contribution is -0.390. The molecule has 2 rings (SSSR count). The highest BCUT2D eigenvalue weighted by Gasteiger charge is 2.26. The van der Waals surface area contributed by atoms with Gasteiger partial charge >= 0.3 is 5.82 Å². The topological polar surface area (TPSA) is 65.3 Å². The van der Waals surface area contributed by atoms with Crippen molar-refractivity contribution in [3.8, 4) is 0 Å². The van der Waals surface area contributed by atoms with Gasteiger partial charge in [-0.25, -0.2) is 0 Å². The molecular formula is C9H10N2O3. The van der Waals surface area contributed by atoms with Crippen LogP contribution in [0, 0.1) is 10.1 Å². The van der Waals surface area contributed by atoms with Crippen molar-refractivity contribution in [3.05, 3.63) is 34.0 Å². The second kappa shape index (κ2) is 3.71. The van der Waals surface area contributed by atoms with Crippen molar-refractivity contribution in [2.45, 2.75) is 18.9 Å². The largest absolute Gasteiger partial charge is 0.373 e. The Hall–Kier alpha value is -1.49. The highest BCUT2D eigenvalue weighted by Crippen LogP contribution is 2.32. The monoisotopic (exact) mass is 194 g/mol. The summed E-state index contributed by atoms with van der Waals surface area (Å²) >= 11 is 0. The van der Waals surface area contributed by atoms with Crippen LogP contribution < -0.4 is 0 Å². The summed E-state index contributed by atoms with van der Waals surface area (Å²) in [4.78, 5) is 13.9. The summed E-state index contributed by atoms with van der Waals surface area (Å²) in [6.45, 7) is 0.677. The van der Waals surface area contributed by atoms with Crippen LogP contribution in [0.4, 0.5) is 5.82 Å². The van der Waals surface area contributed by atoms with Gasteiger partial charge in [-0.2, -0.15) is 0 Å². The van der Waals surface area contributed by atoms with Crippen molar-refractivity contribution < 1.29 is 9.66 Å². The molecule has 0 bridgehead atoms. The minimum absolute atomic E-state index is 0.0839. The second-order valence-corrected chi connectivity index (χ2v) is 3.18. The number of aromatic nitrogens is 1. The van der Waals surface area contributed by atoms with E-state index in [1.54, 1.807) is 12.1 Å². The summed E-state index contributed by atoms with van der Waals surface area (Å²) in [6, 6.07) is 3.41. The van der Waals surface area contributed by atoms with Crippen LogP contribution in [0.3, 0.4) is 0 Å². The summed E-state index contributed by atoms with van der Waals surface area (Å²) in [5.74, 6) is -0.0839. The minimum Gasteiger partial charge on any atom is -0.373 e. The van der Waals surface area contributed by atoms with Crippen LogP contribution in [-0.2, 0) is 4.74 Å². The lowest BCUT2D eigenvalue weighted by Gasteiger charge is -2.08. The number of hydrogen-bond donors (Lipinski definition) is 0. The van der Waals surface area contributed by atoms with Crippen LogP contribution in [0.15, 0.2) is 18.3 Å². The molecule has 1 aliphatic rings. The average Bonchev–Trinajstić information content (AvgIpc) is 2.70. The normalized spacial score (nSPS) is 21.0. The van der Waals surface area contributed by atoms with Gasteiger partial charge in [0, 0.05) is 6.61 Å². The van der Waals surface area contributed by atoms with E-state index in [0.29, 0.717) is 12.2 Å². The lowest BCUT2D eigenvalue weighted by atomic mass is 10.1. The van der Waals surface area contributed by atoms with Gasteiger partial charge in [-0.3, -0.25) is 0 Å². The third-order valence-electron chi connectivity index (χ3n) is 2.27. The number of pyridine rings is 1. The van der Waals surface area contributed by atoms with E-state index in [0.717, 1.165) is 12.8 Å². The first kappa shape index (κ1) is 9.08. The molecule has 0 N–H and O–H groups in total. The van der Waals surface area contributed by atoms with Gasteiger partial charge in [0.1, 0.15) is 6.20 Å². The Bertz CT molecular complexity index is 348. The zero-order valence-electron chi connectivity index (χ0n) is 7.55. The number of nitro groups is 1. The quantitative estimate of drug-likeness (QED) is 0.532. The smallest absolute Gasteiger partial charge is 0.369 e. The zero-order valence-corrected chi connectivity index (χ0v) is 7.55. The van der Waals surface area contributed by atoms with Crippen molar-refractivity contribution in [1.29, 1.82) is 0 Å². The van der Waals surface area contributed by atoms with Gasteiger partial charge in [-0.1, -0.05) is 0 Å². The lowest BCUT2D eigenvalue weighted by Crippen LogP contribution is -2.03. The van der Waals surface area contributed by atoms with E-state index in [9.17, 15) is 10.1 Å². The summed E-state index contributed by atoms with van der Waals surface area (Å²) < 4.78 is 5.39. The molecule has 0 aliphatic carbocycles. The van der Waals surface area contributed by atoms with E-state index in [1.807, 2.05) is 0 Å². The maximum atomic E-state index is 10.7. The van der Waals surface area contributed by atoms with Gasteiger partial charge in [0.25, 0.3) is 0 Å². The molecule has 1 atom stereocenters. The third kappa shape index (κ3) is 1.58. The summed E-state index contributed by atoms with van der Waals surface area (Å²) in [5, 5.41) is 10.7. The molecule has 74 valence electrons. The Morgan fingerprint density at radius 3 is 3.14 bits per heavy atom. The van der Waals surface area contributed by atoms with Crippen LogP contribution >= 0.6 is 0 Å². The third-order valence-corrected chi connectivity index (χ3v) is 2.27. The van der Waals surface area contributed by atoms with Crippen LogP contribution in [0.2, 0.25) is 0 Å². The molecule has 1 saturated heterocycles. The number of ether oxygens (including phenoxy) is 1. The van der Waals surface area contributed by atoms with Crippen LogP contribution in [-0.4, -0.2) is 16.5 Å². The van der Waals surface area contributed by atoms with Gasteiger partial charge in [0.15, 0.2) is 0 Å². The number of nitrogens with zero attached hydrogens (tertiary/aromatic N) is 2. The molecule has 2 heterocycles. The molecule has 5 nitrogen and oxygen atoms in total. The van der Waals surface area contributed by atoms with E-state index in [-0.39, 0.29) is 11.9 Å². The molecule has 1 aromatic rings. The summed E-state index contributed by atoms with van der Waals surface area (Å²) in [6.07, 6.45) is 3.07. The van der Waals surface area contributed by atoms with Crippen molar-refractivity contribution in [2.75, 3.05) is 6.61 Å².